The molecule has 0 heterocycles. The fourth-order valence-electron chi connectivity index (χ4n) is 1.95. The van der Waals surface area contributed by atoms with E-state index in [0.29, 0.717) is 10.7 Å². The Bertz CT molecular complexity index is 334. The molecule has 0 radical (unpaired) electrons. The minimum Gasteiger partial charge on any atom is -0.398 e. The van der Waals surface area contributed by atoms with Gasteiger partial charge in [-0.15, -0.1) is 0 Å². The van der Waals surface area contributed by atoms with E-state index in [9.17, 15) is 0 Å². The van der Waals surface area contributed by atoms with E-state index in [1.54, 1.807) is 0 Å². The molecule has 2 rings (SSSR count). The highest BCUT2D eigenvalue weighted by atomic mass is 35.5. The molecule has 1 aliphatic carbocycles. The Balaban J connectivity index is 1.90. The van der Waals surface area contributed by atoms with Crippen LogP contribution in [-0.2, 0) is 5.75 Å². The van der Waals surface area contributed by atoms with Crippen LogP contribution in [0.5, 0.6) is 0 Å². The maximum atomic E-state index is 5.88. The van der Waals surface area contributed by atoms with E-state index in [-0.39, 0.29) is 0 Å². The minimum absolute atomic E-state index is 0.657. The summed E-state index contributed by atoms with van der Waals surface area (Å²) in [5.74, 6) is 1.06. The maximum absolute atomic E-state index is 5.88. The Labute approximate surface area is 100 Å². The van der Waals surface area contributed by atoms with Crippen molar-refractivity contribution in [2.24, 2.45) is 0 Å². The molecular weight excluding hydrogens is 226 g/mol. The first kappa shape index (κ1) is 11.2. The number of anilines is 1. The van der Waals surface area contributed by atoms with Crippen LogP contribution >= 0.6 is 23.4 Å². The maximum Gasteiger partial charge on any atom is 0.0635 e. The van der Waals surface area contributed by atoms with E-state index in [2.05, 4.69) is 17.8 Å². The average Bonchev–Trinajstić information content (AvgIpc) is 2.73. The summed E-state index contributed by atoms with van der Waals surface area (Å²) >= 11 is 7.93. The predicted molar refractivity (Wildman–Crippen MR) is 69.4 cm³/mol. The van der Waals surface area contributed by atoms with Crippen molar-refractivity contribution in [3.05, 3.63) is 28.8 Å². The summed E-state index contributed by atoms with van der Waals surface area (Å²) in [5, 5.41) is 1.52. The molecular formula is C12H16ClNS. The third-order valence-electron chi connectivity index (χ3n) is 2.85. The second-order valence-corrected chi connectivity index (χ2v) is 5.77. The number of nitrogens with two attached hydrogens (primary N) is 1. The molecule has 1 fully saturated rings. The molecule has 3 heteroatoms. The standard InChI is InChI=1S/C12H16ClNS/c13-11-6-5-9(7-12(11)14)8-15-10-3-1-2-4-10/h5-7,10H,1-4,8,14H2. The van der Waals surface area contributed by atoms with Gasteiger partial charge in [0.05, 0.1) is 10.7 Å². The third-order valence-corrected chi connectivity index (χ3v) is 4.64. The molecule has 1 nitrogen and oxygen atoms in total. The molecule has 1 aromatic rings. The summed E-state index contributed by atoms with van der Waals surface area (Å²) in [4.78, 5) is 0. The Morgan fingerprint density at radius 3 is 2.73 bits per heavy atom. The van der Waals surface area contributed by atoms with Crippen molar-refractivity contribution in [2.75, 3.05) is 5.73 Å². The summed E-state index contributed by atoms with van der Waals surface area (Å²) in [5.41, 5.74) is 7.74. The van der Waals surface area contributed by atoms with Gasteiger partial charge in [0.15, 0.2) is 0 Å². The zero-order chi connectivity index (χ0) is 10.7. The van der Waals surface area contributed by atoms with Crippen molar-refractivity contribution >= 4 is 29.1 Å². The number of thioether (sulfide) groups is 1. The Kier molecular flexibility index (Phi) is 3.81. The van der Waals surface area contributed by atoms with Crippen LogP contribution in [0.15, 0.2) is 18.2 Å². The monoisotopic (exact) mass is 241 g/mol. The molecule has 2 N–H and O–H groups in total. The lowest BCUT2D eigenvalue weighted by atomic mass is 10.2. The third kappa shape index (κ3) is 3.05. The minimum atomic E-state index is 0.657. The summed E-state index contributed by atoms with van der Waals surface area (Å²) < 4.78 is 0. The largest absolute Gasteiger partial charge is 0.398 e. The van der Waals surface area contributed by atoms with Gasteiger partial charge >= 0.3 is 0 Å². The van der Waals surface area contributed by atoms with Gasteiger partial charge in [-0.25, -0.2) is 0 Å². The lowest BCUT2D eigenvalue weighted by Crippen LogP contribution is -1.95. The average molecular weight is 242 g/mol. The fraction of sp³-hybridized carbons (Fsp3) is 0.500. The van der Waals surface area contributed by atoms with Crippen molar-refractivity contribution < 1.29 is 0 Å². The van der Waals surface area contributed by atoms with Crippen molar-refractivity contribution in [1.82, 2.24) is 0 Å². The molecule has 0 unspecified atom stereocenters. The molecule has 15 heavy (non-hydrogen) atoms. The van der Waals surface area contributed by atoms with Crippen LogP contribution < -0.4 is 5.73 Å². The van der Waals surface area contributed by atoms with Crippen LogP contribution in [-0.4, -0.2) is 5.25 Å². The van der Waals surface area contributed by atoms with Crippen molar-refractivity contribution in [3.8, 4) is 0 Å². The molecule has 1 saturated carbocycles. The van der Waals surface area contributed by atoms with Gasteiger partial charge in [0.1, 0.15) is 0 Å². The van der Waals surface area contributed by atoms with Gasteiger partial charge in [-0.2, -0.15) is 11.8 Å². The van der Waals surface area contributed by atoms with Crippen LogP contribution in [0.2, 0.25) is 5.02 Å². The first-order chi connectivity index (χ1) is 7.25. The highest BCUT2D eigenvalue weighted by Gasteiger charge is 2.15. The molecule has 0 saturated heterocycles. The van der Waals surface area contributed by atoms with Gasteiger partial charge in [0.2, 0.25) is 0 Å². The van der Waals surface area contributed by atoms with E-state index < -0.39 is 0 Å². The normalized spacial score (nSPS) is 17.1. The van der Waals surface area contributed by atoms with E-state index in [1.165, 1.54) is 31.2 Å². The van der Waals surface area contributed by atoms with Crippen molar-refractivity contribution in [1.29, 1.82) is 0 Å². The van der Waals surface area contributed by atoms with E-state index >= 15 is 0 Å². The number of halogens is 1. The summed E-state index contributed by atoms with van der Waals surface area (Å²) in [6.45, 7) is 0. The zero-order valence-corrected chi connectivity index (χ0v) is 10.3. The predicted octanol–water partition coefficient (Wildman–Crippen LogP) is 4.10. The van der Waals surface area contributed by atoms with Gasteiger partial charge in [0, 0.05) is 11.0 Å². The topological polar surface area (TPSA) is 26.0 Å². The number of rotatable bonds is 3. The smallest absolute Gasteiger partial charge is 0.0635 e. The highest BCUT2D eigenvalue weighted by Crippen LogP contribution is 2.32. The van der Waals surface area contributed by atoms with Crippen LogP contribution in [0.25, 0.3) is 0 Å². The molecule has 0 atom stereocenters. The number of nitrogen functional groups attached to an aromatic ring is 1. The first-order valence-electron chi connectivity index (χ1n) is 5.41. The zero-order valence-electron chi connectivity index (χ0n) is 8.71. The van der Waals surface area contributed by atoms with E-state index in [1.807, 2.05) is 12.1 Å². The van der Waals surface area contributed by atoms with Crippen LogP contribution in [0, 0.1) is 0 Å². The molecule has 82 valence electrons. The number of hydrogen-bond donors (Lipinski definition) is 1. The second-order valence-electron chi connectivity index (χ2n) is 4.07. The van der Waals surface area contributed by atoms with Crippen LogP contribution in [0.4, 0.5) is 5.69 Å². The highest BCUT2D eigenvalue weighted by molar-refractivity contribution is 7.99. The van der Waals surface area contributed by atoms with Gasteiger partial charge in [-0.3, -0.25) is 0 Å². The fourth-order valence-corrected chi connectivity index (χ4v) is 3.34. The summed E-state index contributed by atoms with van der Waals surface area (Å²) in [6, 6.07) is 5.95. The van der Waals surface area contributed by atoms with Gasteiger partial charge in [-0.1, -0.05) is 30.5 Å². The molecule has 0 amide bonds. The van der Waals surface area contributed by atoms with E-state index in [4.69, 9.17) is 17.3 Å². The molecule has 1 aromatic carbocycles. The second kappa shape index (κ2) is 5.13. The quantitative estimate of drug-likeness (QED) is 0.807. The molecule has 0 aromatic heterocycles. The first-order valence-corrected chi connectivity index (χ1v) is 6.84. The lowest BCUT2D eigenvalue weighted by Gasteiger charge is -2.09. The summed E-state index contributed by atoms with van der Waals surface area (Å²) in [6.07, 6.45) is 5.57. The molecule has 0 aliphatic heterocycles. The number of hydrogen-bond acceptors (Lipinski definition) is 2. The molecule has 0 bridgehead atoms. The van der Waals surface area contributed by atoms with Gasteiger partial charge < -0.3 is 5.73 Å². The van der Waals surface area contributed by atoms with Gasteiger partial charge in [0.25, 0.3) is 0 Å². The van der Waals surface area contributed by atoms with Crippen molar-refractivity contribution in [3.63, 3.8) is 0 Å². The SMILES string of the molecule is Nc1cc(CSC2CCCC2)ccc1Cl. The van der Waals surface area contributed by atoms with Crippen molar-refractivity contribution in [2.45, 2.75) is 36.7 Å². The molecule has 0 spiro atoms. The van der Waals surface area contributed by atoms with Gasteiger partial charge in [-0.05, 0) is 30.5 Å². The molecule has 1 aliphatic rings. The van der Waals surface area contributed by atoms with Crippen LogP contribution in [0.1, 0.15) is 31.2 Å². The summed E-state index contributed by atoms with van der Waals surface area (Å²) in [7, 11) is 0. The Morgan fingerprint density at radius 2 is 2.07 bits per heavy atom. The van der Waals surface area contributed by atoms with Crippen LogP contribution in [0.3, 0.4) is 0 Å². The number of benzene rings is 1. The van der Waals surface area contributed by atoms with E-state index in [0.717, 1.165) is 11.0 Å². The Morgan fingerprint density at radius 1 is 1.33 bits per heavy atom. The lowest BCUT2D eigenvalue weighted by molar-refractivity contribution is 0.886. The Hall–Kier alpha value is -0.340.